The van der Waals surface area contributed by atoms with Crippen molar-refractivity contribution in [2.24, 2.45) is 0 Å². The van der Waals surface area contributed by atoms with E-state index in [-0.39, 0.29) is 12.5 Å². The maximum atomic E-state index is 12.1. The number of benzene rings is 2. The van der Waals surface area contributed by atoms with E-state index in [2.05, 4.69) is 20.2 Å². The number of aromatic nitrogens is 2. The fourth-order valence-electron chi connectivity index (χ4n) is 3.36. The highest BCUT2D eigenvalue weighted by Gasteiger charge is 2.14. The molecule has 0 atom stereocenters. The molecule has 31 heavy (non-hydrogen) atoms. The number of aryl methyl sites for hydroxylation is 1. The lowest BCUT2D eigenvalue weighted by Crippen LogP contribution is -2.37. The molecule has 3 aromatic rings. The van der Waals surface area contributed by atoms with E-state index in [0.29, 0.717) is 43.8 Å². The topological polar surface area (TPSA) is 85.8 Å². The summed E-state index contributed by atoms with van der Waals surface area (Å²) in [5.74, 6) is 2.43. The summed E-state index contributed by atoms with van der Waals surface area (Å²) in [5.41, 5.74) is 0. The highest BCUT2D eigenvalue weighted by Crippen LogP contribution is 2.20. The number of morpholine rings is 1. The van der Waals surface area contributed by atoms with Crippen molar-refractivity contribution in [3.05, 3.63) is 54.4 Å². The molecule has 4 rings (SSSR count). The molecule has 1 fully saturated rings. The third kappa shape index (κ3) is 5.82. The third-order valence-corrected chi connectivity index (χ3v) is 4.90. The number of nitrogens with zero attached hydrogens (tertiary/aromatic N) is 3. The largest absolute Gasteiger partial charge is 0.484 e. The van der Waals surface area contributed by atoms with Crippen molar-refractivity contribution < 1.29 is 19.0 Å². The number of carbonyl (C=O) groups is 1. The standard InChI is InChI=1S/C23H26N4O4/c1-17-25-21(27-9-12-29-13-10-27)15-23(26-17)30-11-8-24-22(28)16-31-20-7-6-18-4-2-3-5-19(18)14-20/h2-7,14-15H,8-13,16H2,1H3,(H,24,28). The molecule has 0 bridgehead atoms. The van der Waals surface area contributed by atoms with Gasteiger partial charge >= 0.3 is 0 Å². The second kappa shape index (κ2) is 10.1. The van der Waals surface area contributed by atoms with Crippen molar-refractivity contribution in [2.75, 3.05) is 51.0 Å². The van der Waals surface area contributed by atoms with E-state index in [1.807, 2.05) is 55.5 Å². The van der Waals surface area contributed by atoms with Crippen molar-refractivity contribution in [2.45, 2.75) is 6.92 Å². The summed E-state index contributed by atoms with van der Waals surface area (Å²) in [6.07, 6.45) is 0. The Balaban J connectivity index is 1.21. The molecule has 2 heterocycles. The van der Waals surface area contributed by atoms with Gasteiger partial charge in [0.05, 0.1) is 19.8 Å². The van der Waals surface area contributed by atoms with Gasteiger partial charge in [-0.3, -0.25) is 4.79 Å². The molecule has 8 heteroatoms. The van der Waals surface area contributed by atoms with Crippen LogP contribution in [0.15, 0.2) is 48.5 Å². The first kappa shape index (κ1) is 20.9. The molecule has 2 aromatic carbocycles. The fraction of sp³-hybridized carbons (Fsp3) is 0.348. The van der Waals surface area contributed by atoms with Gasteiger partial charge in [-0.25, -0.2) is 4.98 Å². The first-order valence-electron chi connectivity index (χ1n) is 10.4. The minimum Gasteiger partial charge on any atom is -0.484 e. The van der Waals surface area contributed by atoms with E-state index in [9.17, 15) is 4.79 Å². The number of fused-ring (bicyclic) bond motifs is 1. The van der Waals surface area contributed by atoms with Crippen LogP contribution in [0, 0.1) is 6.92 Å². The number of ether oxygens (including phenoxy) is 3. The monoisotopic (exact) mass is 422 g/mol. The summed E-state index contributed by atoms with van der Waals surface area (Å²) in [6.45, 7) is 5.41. The Morgan fingerprint density at radius 3 is 2.71 bits per heavy atom. The van der Waals surface area contributed by atoms with Gasteiger partial charge in [-0.05, 0) is 29.8 Å². The molecule has 1 aliphatic heterocycles. The van der Waals surface area contributed by atoms with Crippen LogP contribution in [0.3, 0.4) is 0 Å². The van der Waals surface area contributed by atoms with E-state index < -0.39 is 0 Å². The van der Waals surface area contributed by atoms with Gasteiger partial charge < -0.3 is 24.4 Å². The van der Waals surface area contributed by atoms with Crippen LogP contribution in [0.1, 0.15) is 5.82 Å². The van der Waals surface area contributed by atoms with Crippen LogP contribution in [-0.2, 0) is 9.53 Å². The predicted octanol–water partition coefficient (Wildman–Crippen LogP) is 2.35. The van der Waals surface area contributed by atoms with Gasteiger partial charge in [-0.2, -0.15) is 4.98 Å². The number of nitrogens with one attached hydrogen (secondary N) is 1. The zero-order valence-corrected chi connectivity index (χ0v) is 17.5. The summed E-state index contributed by atoms with van der Waals surface area (Å²) in [5, 5.41) is 5.00. The quantitative estimate of drug-likeness (QED) is 0.558. The molecule has 0 unspecified atom stereocenters. The first-order valence-corrected chi connectivity index (χ1v) is 10.4. The lowest BCUT2D eigenvalue weighted by Gasteiger charge is -2.28. The van der Waals surface area contributed by atoms with Crippen molar-refractivity contribution in [3.8, 4) is 11.6 Å². The van der Waals surface area contributed by atoms with Crippen LogP contribution >= 0.6 is 0 Å². The Bertz CT molecular complexity index is 1040. The summed E-state index contributed by atoms with van der Waals surface area (Å²) in [7, 11) is 0. The number of hydrogen-bond acceptors (Lipinski definition) is 7. The predicted molar refractivity (Wildman–Crippen MR) is 118 cm³/mol. The van der Waals surface area contributed by atoms with Crippen LogP contribution in [0.5, 0.6) is 11.6 Å². The van der Waals surface area contributed by atoms with Gasteiger partial charge in [0.1, 0.15) is 24.0 Å². The minimum absolute atomic E-state index is 0.0495. The van der Waals surface area contributed by atoms with E-state index in [4.69, 9.17) is 14.2 Å². The van der Waals surface area contributed by atoms with Gasteiger partial charge in [-0.15, -0.1) is 0 Å². The van der Waals surface area contributed by atoms with Gasteiger partial charge in [0.15, 0.2) is 6.61 Å². The zero-order chi connectivity index (χ0) is 21.5. The molecule has 1 N–H and O–H groups in total. The molecule has 1 saturated heterocycles. The lowest BCUT2D eigenvalue weighted by atomic mass is 10.1. The molecule has 0 saturated carbocycles. The Hall–Kier alpha value is -3.39. The number of rotatable bonds is 8. The van der Waals surface area contributed by atoms with Crippen LogP contribution in [0.4, 0.5) is 5.82 Å². The minimum atomic E-state index is -0.204. The number of anilines is 1. The second-order valence-electron chi connectivity index (χ2n) is 7.21. The number of hydrogen-bond donors (Lipinski definition) is 1. The van der Waals surface area contributed by atoms with Gasteiger partial charge in [0, 0.05) is 19.2 Å². The van der Waals surface area contributed by atoms with Crippen LogP contribution in [0.25, 0.3) is 10.8 Å². The molecular weight excluding hydrogens is 396 g/mol. The smallest absolute Gasteiger partial charge is 0.258 e. The van der Waals surface area contributed by atoms with E-state index in [1.54, 1.807) is 0 Å². The maximum Gasteiger partial charge on any atom is 0.258 e. The highest BCUT2D eigenvalue weighted by molar-refractivity contribution is 5.84. The normalized spacial score (nSPS) is 13.8. The summed E-state index contributed by atoms with van der Waals surface area (Å²) in [6, 6.07) is 15.6. The van der Waals surface area contributed by atoms with Crippen LogP contribution < -0.4 is 19.7 Å². The first-order chi connectivity index (χ1) is 15.2. The molecule has 0 spiro atoms. The van der Waals surface area contributed by atoms with Gasteiger partial charge in [-0.1, -0.05) is 30.3 Å². The third-order valence-electron chi connectivity index (χ3n) is 4.90. The molecule has 0 radical (unpaired) electrons. The van der Waals surface area contributed by atoms with Crippen molar-refractivity contribution in [1.82, 2.24) is 15.3 Å². The fourth-order valence-corrected chi connectivity index (χ4v) is 3.36. The van der Waals surface area contributed by atoms with Crippen LogP contribution in [-0.4, -0.2) is 61.9 Å². The van der Waals surface area contributed by atoms with E-state index in [0.717, 1.165) is 29.7 Å². The van der Waals surface area contributed by atoms with E-state index >= 15 is 0 Å². The van der Waals surface area contributed by atoms with E-state index in [1.165, 1.54) is 0 Å². The molecule has 1 aliphatic rings. The average Bonchev–Trinajstić information content (AvgIpc) is 2.80. The molecule has 1 amide bonds. The Morgan fingerprint density at radius 1 is 1.06 bits per heavy atom. The summed E-state index contributed by atoms with van der Waals surface area (Å²) < 4.78 is 16.7. The van der Waals surface area contributed by atoms with Crippen LogP contribution in [0.2, 0.25) is 0 Å². The molecule has 162 valence electrons. The Morgan fingerprint density at radius 2 is 1.87 bits per heavy atom. The van der Waals surface area contributed by atoms with Crippen molar-refractivity contribution in [1.29, 1.82) is 0 Å². The number of amides is 1. The summed E-state index contributed by atoms with van der Waals surface area (Å²) >= 11 is 0. The Labute approximate surface area is 181 Å². The Kier molecular flexibility index (Phi) is 6.78. The summed E-state index contributed by atoms with van der Waals surface area (Å²) in [4.78, 5) is 23.0. The lowest BCUT2D eigenvalue weighted by molar-refractivity contribution is -0.123. The zero-order valence-electron chi connectivity index (χ0n) is 17.5. The maximum absolute atomic E-state index is 12.1. The van der Waals surface area contributed by atoms with Crippen molar-refractivity contribution >= 4 is 22.5 Å². The molecule has 1 aromatic heterocycles. The SMILES string of the molecule is Cc1nc(OCCNC(=O)COc2ccc3ccccc3c2)cc(N2CCOCC2)n1. The molecular formula is C23H26N4O4. The average molecular weight is 422 g/mol. The van der Waals surface area contributed by atoms with Gasteiger partial charge in [0.2, 0.25) is 5.88 Å². The van der Waals surface area contributed by atoms with Gasteiger partial charge in [0.25, 0.3) is 5.91 Å². The molecule has 0 aliphatic carbocycles. The molecule has 8 nitrogen and oxygen atoms in total. The second-order valence-corrected chi connectivity index (χ2v) is 7.21. The van der Waals surface area contributed by atoms with Crippen molar-refractivity contribution in [3.63, 3.8) is 0 Å². The number of carbonyl (C=O) groups excluding carboxylic acids is 1. The highest BCUT2D eigenvalue weighted by atomic mass is 16.5.